The Balaban J connectivity index is 2.12. The minimum atomic E-state index is 0.360. The summed E-state index contributed by atoms with van der Waals surface area (Å²) in [6.45, 7) is 4.19. The zero-order valence-corrected chi connectivity index (χ0v) is 11.8. The summed E-state index contributed by atoms with van der Waals surface area (Å²) in [7, 11) is 0. The van der Waals surface area contributed by atoms with E-state index in [0.29, 0.717) is 16.8 Å². The molecule has 1 heterocycles. The third-order valence-electron chi connectivity index (χ3n) is 3.89. The van der Waals surface area contributed by atoms with E-state index in [1.165, 1.54) is 32.1 Å². The topological polar surface area (TPSA) is 23.5 Å². The lowest BCUT2D eigenvalue weighted by Gasteiger charge is -2.29. The fraction of sp³-hybridized carbons (Fsp3) is 0.600. The number of phenolic OH excluding ortho intramolecular Hbond substituents is 1. The van der Waals surface area contributed by atoms with Gasteiger partial charge in [-0.3, -0.25) is 4.90 Å². The van der Waals surface area contributed by atoms with Crippen molar-refractivity contribution in [3.8, 4) is 5.75 Å². The van der Waals surface area contributed by atoms with Crippen molar-refractivity contribution in [2.75, 3.05) is 6.54 Å². The summed E-state index contributed by atoms with van der Waals surface area (Å²) in [5.74, 6) is 0.360. The van der Waals surface area contributed by atoms with Crippen molar-refractivity contribution < 1.29 is 5.11 Å². The second-order valence-corrected chi connectivity index (χ2v) is 5.59. The van der Waals surface area contributed by atoms with E-state index in [2.05, 4.69) is 11.8 Å². The molecule has 0 spiro atoms. The van der Waals surface area contributed by atoms with E-state index in [1.807, 2.05) is 6.07 Å². The molecule has 18 heavy (non-hydrogen) atoms. The van der Waals surface area contributed by atoms with Crippen LogP contribution < -0.4 is 0 Å². The molecule has 2 rings (SSSR count). The van der Waals surface area contributed by atoms with Gasteiger partial charge in [0.05, 0.1) is 0 Å². The maximum Gasteiger partial charge on any atom is 0.120 e. The second-order valence-electron chi connectivity index (χ2n) is 5.15. The first-order valence-electron chi connectivity index (χ1n) is 6.92. The molecule has 0 aromatic heterocycles. The lowest BCUT2D eigenvalue weighted by Crippen LogP contribution is -2.33. The van der Waals surface area contributed by atoms with Gasteiger partial charge in [-0.2, -0.15) is 0 Å². The molecule has 0 saturated carbocycles. The molecule has 1 aliphatic rings. The van der Waals surface area contributed by atoms with Gasteiger partial charge in [-0.1, -0.05) is 31.4 Å². The van der Waals surface area contributed by atoms with Crippen LogP contribution in [0.1, 0.15) is 44.6 Å². The summed E-state index contributed by atoms with van der Waals surface area (Å²) in [6.07, 6.45) is 6.38. The number of nitrogens with zero attached hydrogens (tertiary/aromatic N) is 1. The number of halogens is 1. The van der Waals surface area contributed by atoms with Gasteiger partial charge in [-0.05, 0) is 44.0 Å². The first kappa shape index (κ1) is 13.7. The van der Waals surface area contributed by atoms with Gasteiger partial charge in [0, 0.05) is 23.2 Å². The number of hydrogen-bond donors (Lipinski definition) is 1. The lowest BCUT2D eigenvalue weighted by atomic mass is 10.1. The Labute approximate surface area is 115 Å². The van der Waals surface area contributed by atoms with Crippen molar-refractivity contribution >= 4 is 11.6 Å². The molecule has 1 aromatic carbocycles. The van der Waals surface area contributed by atoms with Crippen molar-refractivity contribution in [1.82, 2.24) is 4.90 Å². The van der Waals surface area contributed by atoms with Gasteiger partial charge >= 0.3 is 0 Å². The Hall–Kier alpha value is -0.730. The summed E-state index contributed by atoms with van der Waals surface area (Å²) in [6, 6.07) is 5.95. The molecule has 0 radical (unpaired) electrons. The maximum atomic E-state index is 9.91. The van der Waals surface area contributed by atoms with Crippen molar-refractivity contribution in [1.29, 1.82) is 0 Å². The van der Waals surface area contributed by atoms with Gasteiger partial charge in [0.25, 0.3) is 0 Å². The largest absolute Gasteiger partial charge is 0.508 e. The standard InChI is InChI=1S/C15H22ClNO/c1-2-14-6-4-3-5-9-17(14)11-12-10-13(16)7-8-15(12)18/h7-8,10,14,18H,2-6,9,11H2,1H3. The van der Waals surface area contributed by atoms with Crippen LogP contribution in [0.25, 0.3) is 0 Å². The molecule has 100 valence electrons. The zero-order chi connectivity index (χ0) is 13.0. The molecular weight excluding hydrogens is 246 g/mol. The summed E-state index contributed by atoms with van der Waals surface area (Å²) >= 11 is 6.01. The van der Waals surface area contributed by atoms with E-state index in [9.17, 15) is 5.11 Å². The fourth-order valence-corrected chi connectivity index (χ4v) is 3.00. The van der Waals surface area contributed by atoms with Crippen molar-refractivity contribution in [2.45, 2.75) is 51.6 Å². The molecule has 1 aromatic rings. The first-order chi connectivity index (χ1) is 8.70. The molecule has 1 unspecified atom stereocenters. The minimum Gasteiger partial charge on any atom is -0.508 e. The van der Waals surface area contributed by atoms with Crippen molar-refractivity contribution in [2.24, 2.45) is 0 Å². The summed E-state index contributed by atoms with van der Waals surface area (Å²) in [4.78, 5) is 2.50. The molecule has 0 bridgehead atoms. The zero-order valence-electron chi connectivity index (χ0n) is 11.0. The van der Waals surface area contributed by atoms with Crippen LogP contribution >= 0.6 is 11.6 Å². The maximum absolute atomic E-state index is 9.91. The van der Waals surface area contributed by atoms with E-state index in [0.717, 1.165) is 18.7 Å². The highest BCUT2D eigenvalue weighted by Crippen LogP contribution is 2.26. The first-order valence-corrected chi connectivity index (χ1v) is 7.30. The molecule has 1 aliphatic heterocycles. The van der Waals surface area contributed by atoms with E-state index in [-0.39, 0.29) is 0 Å². The van der Waals surface area contributed by atoms with Crippen LogP contribution in [0.3, 0.4) is 0 Å². The highest BCUT2D eigenvalue weighted by molar-refractivity contribution is 6.30. The van der Waals surface area contributed by atoms with Crippen LogP contribution in [0.15, 0.2) is 18.2 Å². The Bertz CT molecular complexity index is 394. The predicted octanol–water partition coefficient (Wildman–Crippen LogP) is 4.20. The average molecular weight is 268 g/mol. The molecular formula is C15H22ClNO. The Kier molecular flexibility index (Phi) is 4.90. The third-order valence-corrected chi connectivity index (χ3v) is 4.12. The molecule has 3 heteroatoms. The number of hydrogen-bond acceptors (Lipinski definition) is 2. The van der Waals surface area contributed by atoms with Gasteiger partial charge < -0.3 is 5.11 Å². The number of aromatic hydroxyl groups is 1. The van der Waals surface area contributed by atoms with Gasteiger partial charge in [0.2, 0.25) is 0 Å². The van der Waals surface area contributed by atoms with Crippen LogP contribution in [-0.4, -0.2) is 22.6 Å². The van der Waals surface area contributed by atoms with Crippen LogP contribution in [0.5, 0.6) is 5.75 Å². The lowest BCUT2D eigenvalue weighted by molar-refractivity contribution is 0.184. The van der Waals surface area contributed by atoms with E-state index in [1.54, 1.807) is 12.1 Å². The Morgan fingerprint density at radius 2 is 2.17 bits per heavy atom. The van der Waals surface area contributed by atoms with Gasteiger partial charge in [-0.15, -0.1) is 0 Å². The average Bonchev–Trinajstić information content (AvgIpc) is 2.59. The molecule has 1 saturated heterocycles. The van der Waals surface area contributed by atoms with Gasteiger partial charge in [0.15, 0.2) is 0 Å². The molecule has 1 atom stereocenters. The molecule has 0 amide bonds. The Morgan fingerprint density at radius 1 is 1.33 bits per heavy atom. The normalized spacial score (nSPS) is 21.8. The fourth-order valence-electron chi connectivity index (χ4n) is 2.81. The van der Waals surface area contributed by atoms with Crippen LogP contribution in [0.2, 0.25) is 5.02 Å². The van der Waals surface area contributed by atoms with E-state index in [4.69, 9.17) is 11.6 Å². The molecule has 1 N–H and O–H groups in total. The summed E-state index contributed by atoms with van der Waals surface area (Å²) in [5, 5.41) is 10.6. The SMILES string of the molecule is CCC1CCCCCN1Cc1cc(Cl)ccc1O. The van der Waals surface area contributed by atoms with E-state index >= 15 is 0 Å². The highest BCUT2D eigenvalue weighted by atomic mass is 35.5. The van der Waals surface area contributed by atoms with Gasteiger partial charge in [0.1, 0.15) is 5.75 Å². The predicted molar refractivity (Wildman–Crippen MR) is 76.1 cm³/mol. The van der Waals surface area contributed by atoms with Gasteiger partial charge in [-0.25, -0.2) is 0 Å². The van der Waals surface area contributed by atoms with Crippen molar-refractivity contribution in [3.05, 3.63) is 28.8 Å². The number of likely N-dealkylation sites (tertiary alicyclic amines) is 1. The quantitative estimate of drug-likeness (QED) is 0.887. The monoisotopic (exact) mass is 267 g/mol. The third kappa shape index (κ3) is 3.39. The molecule has 2 nitrogen and oxygen atoms in total. The van der Waals surface area contributed by atoms with Crippen LogP contribution in [0, 0.1) is 0 Å². The highest BCUT2D eigenvalue weighted by Gasteiger charge is 2.20. The number of phenols is 1. The number of benzene rings is 1. The Morgan fingerprint density at radius 3 is 2.94 bits per heavy atom. The summed E-state index contributed by atoms with van der Waals surface area (Å²) < 4.78 is 0. The minimum absolute atomic E-state index is 0.360. The number of rotatable bonds is 3. The van der Waals surface area contributed by atoms with Crippen LogP contribution in [0.4, 0.5) is 0 Å². The van der Waals surface area contributed by atoms with E-state index < -0.39 is 0 Å². The molecule has 0 aliphatic carbocycles. The summed E-state index contributed by atoms with van der Waals surface area (Å²) in [5.41, 5.74) is 0.947. The van der Waals surface area contributed by atoms with Crippen LogP contribution in [-0.2, 0) is 6.54 Å². The van der Waals surface area contributed by atoms with Crippen molar-refractivity contribution in [3.63, 3.8) is 0 Å². The second kappa shape index (κ2) is 6.44. The smallest absolute Gasteiger partial charge is 0.120 e. The molecule has 1 fully saturated rings.